The van der Waals surface area contributed by atoms with Crippen LogP contribution >= 0.6 is 0 Å². The fourth-order valence-electron chi connectivity index (χ4n) is 5.98. The van der Waals surface area contributed by atoms with Crippen LogP contribution in [0.15, 0.2) is 53.4 Å². The molecule has 0 amide bonds. The Morgan fingerprint density at radius 1 is 1.06 bits per heavy atom. The van der Waals surface area contributed by atoms with Gasteiger partial charge in [0.15, 0.2) is 0 Å². The van der Waals surface area contributed by atoms with Crippen molar-refractivity contribution in [1.29, 1.82) is 0 Å². The first-order chi connectivity index (χ1) is 22.0. The molecular weight excluding hydrogens is 637 g/mol. The van der Waals surface area contributed by atoms with Crippen LogP contribution in [-0.4, -0.2) is 66.5 Å². The first-order valence-corrected chi connectivity index (χ1v) is 17.0. The summed E-state index contributed by atoms with van der Waals surface area (Å²) in [6, 6.07) is 11.3. The lowest BCUT2D eigenvalue weighted by atomic mass is 9.87. The van der Waals surface area contributed by atoms with Gasteiger partial charge < -0.3 is 19.9 Å². The second-order valence-corrected chi connectivity index (χ2v) is 14.4. The number of alkyl halides is 3. The molecule has 2 aliphatic carbocycles. The molecule has 47 heavy (non-hydrogen) atoms. The van der Waals surface area contributed by atoms with Gasteiger partial charge in [0.2, 0.25) is 11.8 Å². The average Bonchev–Trinajstić information content (AvgIpc) is 3.75. The molecule has 3 aromatic rings. The predicted octanol–water partition coefficient (Wildman–Crippen LogP) is 6.29. The van der Waals surface area contributed by atoms with Crippen molar-refractivity contribution in [1.82, 2.24) is 15.3 Å². The number of hydrogen-bond donors (Lipinski definition) is 3. The fourth-order valence-corrected chi connectivity index (χ4v) is 6.96. The van der Waals surface area contributed by atoms with E-state index in [1.54, 1.807) is 0 Å². The van der Waals surface area contributed by atoms with E-state index in [1.807, 2.05) is 45.9 Å². The number of halogens is 3. The number of carbonyl (C=O) groups is 1. The zero-order valence-electron chi connectivity index (χ0n) is 26.6. The van der Waals surface area contributed by atoms with Crippen molar-refractivity contribution >= 4 is 21.9 Å². The van der Waals surface area contributed by atoms with E-state index >= 15 is 0 Å². The van der Waals surface area contributed by atoms with E-state index in [2.05, 4.69) is 20.0 Å². The van der Waals surface area contributed by atoms with Crippen LogP contribution in [0.25, 0.3) is 11.3 Å². The molecular formula is C33H39F3N4O6S. The molecule has 3 N–H and O–H groups in total. The Kier molecular flexibility index (Phi) is 9.86. The normalized spacial score (nSPS) is 19.6. The van der Waals surface area contributed by atoms with Crippen LogP contribution in [0.2, 0.25) is 0 Å². The lowest BCUT2D eigenvalue weighted by Crippen LogP contribution is -2.52. The van der Waals surface area contributed by atoms with Crippen LogP contribution in [0.4, 0.5) is 19.1 Å². The van der Waals surface area contributed by atoms with Crippen molar-refractivity contribution in [3.63, 3.8) is 0 Å². The Labute approximate surface area is 272 Å². The summed E-state index contributed by atoms with van der Waals surface area (Å²) in [7, 11) is -4.34. The Hall–Kier alpha value is -3.75. The van der Waals surface area contributed by atoms with Gasteiger partial charge in [-0.1, -0.05) is 24.3 Å². The number of anilines is 1. The maximum atomic E-state index is 14.0. The summed E-state index contributed by atoms with van der Waals surface area (Å²) in [5.74, 6) is -1.67. The highest BCUT2D eigenvalue weighted by Gasteiger charge is 2.63. The van der Waals surface area contributed by atoms with E-state index in [4.69, 9.17) is 9.47 Å². The molecule has 2 saturated carbocycles. The Balaban J connectivity index is 1.43. The van der Waals surface area contributed by atoms with Crippen molar-refractivity contribution in [3.05, 3.63) is 65.2 Å². The number of aryl methyl sites for hydroxylation is 2. The average molecular weight is 677 g/mol. The number of nitrogens with zero attached hydrogens (tertiary/aromatic N) is 2. The molecule has 14 heteroatoms. The Morgan fingerprint density at radius 3 is 2.32 bits per heavy atom. The first-order valence-electron chi connectivity index (χ1n) is 15.5. The predicted molar refractivity (Wildman–Crippen MR) is 169 cm³/mol. The van der Waals surface area contributed by atoms with Crippen molar-refractivity contribution in [2.75, 3.05) is 11.3 Å². The molecule has 1 atom stereocenters. The molecule has 254 valence electrons. The third-order valence-electron chi connectivity index (χ3n) is 8.61. The van der Waals surface area contributed by atoms with Gasteiger partial charge in [0.25, 0.3) is 10.0 Å². The van der Waals surface area contributed by atoms with E-state index in [1.165, 1.54) is 24.3 Å². The number of nitrogens with one attached hydrogen (secondary N) is 2. The van der Waals surface area contributed by atoms with Gasteiger partial charge in [-0.3, -0.25) is 0 Å². The van der Waals surface area contributed by atoms with Crippen LogP contribution in [0.1, 0.15) is 67.4 Å². The topological polar surface area (TPSA) is 140 Å². The van der Waals surface area contributed by atoms with E-state index in [-0.39, 0.29) is 66.4 Å². The number of hydrogen-bond acceptors (Lipinski definition) is 8. The zero-order valence-corrected chi connectivity index (χ0v) is 27.4. The van der Waals surface area contributed by atoms with Crippen molar-refractivity contribution < 1.29 is 41.0 Å². The summed E-state index contributed by atoms with van der Waals surface area (Å²) >= 11 is 0. The molecule has 0 spiro atoms. The highest BCUT2D eigenvalue weighted by atomic mass is 32.2. The summed E-state index contributed by atoms with van der Waals surface area (Å²) < 4.78 is 82.7. The minimum atomic E-state index is -4.34. The Bertz CT molecular complexity index is 1700. The summed E-state index contributed by atoms with van der Waals surface area (Å²) in [4.78, 5) is 19.8. The van der Waals surface area contributed by atoms with Gasteiger partial charge in [-0.05, 0) is 89.1 Å². The van der Waals surface area contributed by atoms with Gasteiger partial charge in [0.05, 0.1) is 33.8 Å². The number of ether oxygens (including phenoxy) is 2. The Morgan fingerprint density at radius 2 is 1.72 bits per heavy atom. The minimum Gasteiger partial charge on any atom is -0.478 e. The number of sulfonamides is 1. The molecule has 0 unspecified atom stereocenters. The third kappa shape index (κ3) is 8.22. The number of carboxylic acid groups (broad SMARTS) is 1. The maximum Gasteiger partial charge on any atom is 0.394 e. The van der Waals surface area contributed by atoms with Crippen LogP contribution in [0, 0.1) is 19.3 Å². The SMILES string of the molecule is Cc1cccc(C)c1-c1cc(OC[C@@H](CC2(C(F)(F)F)CC2)NC2CC(OC(C)C)C2)nc(NS(=O)(=O)c2cccc(C(=O)O)c2)n1. The second-order valence-electron chi connectivity index (χ2n) is 12.8. The molecule has 2 fully saturated rings. The molecule has 5 rings (SSSR count). The first kappa shape index (κ1) is 34.6. The number of aromatic nitrogens is 2. The molecule has 0 saturated heterocycles. The molecule has 2 aromatic carbocycles. The summed E-state index contributed by atoms with van der Waals surface area (Å²) in [6.07, 6.45) is -2.97. The lowest BCUT2D eigenvalue weighted by Gasteiger charge is -2.39. The van der Waals surface area contributed by atoms with Gasteiger partial charge in [0.1, 0.15) is 6.61 Å². The molecule has 0 aliphatic heterocycles. The standard InChI is InChI=1S/C33H39F3N4O6S/c1-19(2)46-25-14-23(15-25)37-24(17-32(11-12-32)33(34,35)36)18-45-28-16-27(29-20(3)7-5-8-21(29)4)38-31(39-28)40-47(43,44)26-10-6-9-22(13-26)30(41)42/h5-10,13,16,19,23-25,37H,11-12,14-15,17-18H2,1-4H3,(H,41,42)(H,38,39,40)/t23?,24-,25?/m1/s1. The van der Waals surface area contributed by atoms with E-state index < -0.39 is 33.6 Å². The summed E-state index contributed by atoms with van der Waals surface area (Å²) in [5.41, 5.74) is 0.756. The van der Waals surface area contributed by atoms with Crippen LogP contribution < -0.4 is 14.8 Å². The molecule has 0 bridgehead atoms. The zero-order chi connectivity index (χ0) is 34.1. The van der Waals surface area contributed by atoms with Gasteiger partial charge in [-0.25, -0.2) is 22.9 Å². The smallest absolute Gasteiger partial charge is 0.394 e. The van der Waals surface area contributed by atoms with E-state index in [0.29, 0.717) is 24.1 Å². The monoisotopic (exact) mass is 676 g/mol. The molecule has 1 heterocycles. The highest BCUT2D eigenvalue weighted by molar-refractivity contribution is 7.92. The third-order valence-corrected chi connectivity index (χ3v) is 9.94. The van der Waals surface area contributed by atoms with Gasteiger partial charge in [-0.15, -0.1) is 0 Å². The van der Waals surface area contributed by atoms with Crippen LogP contribution in [-0.2, 0) is 14.8 Å². The van der Waals surface area contributed by atoms with Crippen molar-refractivity contribution in [2.45, 2.75) is 95.2 Å². The number of aromatic carboxylic acids is 1. The summed E-state index contributed by atoms with van der Waals surface area (Å²) in [6.45, 7) is 7.46. The lowest BCUT2D eigenvalue weighted by molar-refractivity contribution is -0.191. The quantitative estimate of drug-likeness (QED) is 0.180. The highest BCUT2D eigenvalue weighted by Crippen LogP contribution is 2.60. The van der Waals surface area contributed by atoms with Crippen molar-refractivity contribution in [3.8, 4) is 17.1 Å². The minimum absolute atomic E-state index is 0.0316. The van der Waals surface area contributed by atoms with E-state index in [0.717, 1.165) is 17.2 Å². The summed E-state index contributed by atoms with van der Waals surface area (Å²) in [5, 5.41) is 12.7. The number of benzene rings is 2. The van der Waals surface area contributed by atoms with Crippen molar-refractivity contribution in [2.24, 2.45) is 5.41 Å². The van der Waals surface area contributed by atoms with Crippen LogP contribution in [0.3, 0.4) is 0 Å². The molecule has 1 aromatic heterocycles. The van der Waals surface area contributed by atoms with Crippen LogP contribution in [0.5, 0.6) is 5.88 Å². The van der Waals surface area contributed by atoms with Gasteiger partial charge >= 0.3 is 12.1 Å². The second kappa shape index (κ2) is 13.4. The maximum absolute atomic E-state index is 14.0. The largest absolute Gasteiger partial charge is 0.478 e. The molecule has 0 radical (unpaired) electrons. The van der Waals surface area contributed by atoms with E-state index in [9.17, 15) is 31.5 Å². The van der Waals surface area contributed by atoms with Gasteiger partial charge in [-0.2, -0.15) is 18.2 Å². The number of carboxylic acids is 1. The molecule has 10 nitrogen and oxygen atoms in total. The number of rotatable bonds is 14. The fraction of sp³-hybridized carbons (Fsp3) is 0.485. The molecule has 2 aliphatic rings. The van der Waals surface area contributed by atoms with Gasteiger partial charge in [0, 0.05) is 23.7 Å².